The summed E-state index contributed by atoms with van der Waals surface area (Å²) in [5.74, 6) is -0.765. The molecule has 1 aliphatic heterocycles. The molecule has 14 heteroatoms. The van der Waals surface area contributed by atoms with Gasteiger partial charge in [-0.25, -0.2) is 9.00 Å². The molecule has 1 heterocycles. The summed E-state index contributed by atoms with van der Waals surface area (Å²) in [6.45, 7) is 16.2. The van der Waals surface area contributed by atoms with Crippen LogP contribution in [0.2, 0.25) is 0 Å². The maximum absolute atomic E-state index is 14.1. The number of benzene rings is 1. The third-order valence-electron chi connectivity index (χ3n) is 12.0. The summed E-state index contributed by atoms with van der Waals surface area (Å²) < 4.78 is 27.9. The molecule has 2 aliphatic carbocycles. The lowest BCUT2D eigenvalue weighted by molar-refractivity contribution is -0.141. The number of nitrogens with zero attached hydrogens (tertiary/aromatic N) is 1. The van der Waals surface area contributed by atoms with E-state index >= 15 is 0 Å². The minimum absolute atomic E-state index is 0.0490. The molecule has 3 aliphatic rings. The highest BCUT2D eigenvalue weighted by Gasteiger charge is 2.43. The number of nitrogens with one attached hydrogen (secondary N) is 5. The average molecular weight is 801 g/mol. The van der Waals surface area contributed by atoms with E-state index in [0.717, 1.165) is 56.9 Å². The van der Waals surface area contributed by atoms with Crippen molar-refractivity contribution in [3.63, 3.8) is 0 Å². The zero-order valence-electron chi connectivity index (χ0n) is 34.3. The molecule has 0 spiro atoms. The van der Waals surface area contributed by atoms with Crippen LogP contribution in [0.5, 0.6) is 0 Å². The topological polar surface area (TPSA) is 178 Å². The van der Waals surface area contributed by atoms with Gasteiger partial charge in [0, 0.05) is 32.2 Å². The fourth-order valence-corrected chi connectivity index (χ4v) is 8.85. The van der Waals surface area contributed by atoms with E-state index in [-0.39, 0.29) is 67.1 Å². The maximum Gasteiger partial charge on any atom is 0.315 e. The number of carbonyl (C=O) groups is 4. The third-order valence-corrected chi connectivity index (χ3v) is 12.8. The fourth-order valence-electron chi connectivity index (χ4n) is 8.29. The third kappa shape index (κ3) is 13.5. The molecule has 3 fully saturated rings. The van der Waals surface area contributed by atoms with E-state index in [1.165, 1.54) is 12.5 Å². The van der Waals surface area contributed by atoms with Crippen molar-refractivity contribution in [2.45, 2.75) is 134 Å². The molecule has 0 aromatic heterocycles. The van der Waals surface area contributed by atoms with Gasteiger partial charge in [0.15, 0.2) is 11.1 Å². The monoisotopic (exact) mass is 800 g/mol. The van der Waals surface area contributed by atoms with Crippen molar-refractivity contribution in [1.29, 1.82) is 0 Å². The highest BCUT2D eigenvalue weighted by Crippen LogP contribution is 2.33. The van der Waals surface area contributed by atoms with Crippen molar-refractivity contribution in [2.24, 2.45) is 29.1 Å². The maximum atomic E-state index is 14.1. The number of carbonyl (C=O) groups excluding carboxylic acids is 4. The van der Waals surface area contributed by atoms with Crippen LogP contribution in [0.25, 0.3) is 0 Å². The quantitative estimate of drug-likeness (QED) is 0.0575. The lowest BCUT2D eigenvalue weighted by Gasteiger charge is -2.35. The molecule has 1 saturated heterocycles. The second-order valence-electron chi connectivity index (χ2n) is 17.4. The van der Waals surface area contributed by atoms with Gasteiger partial charge in [-0.05, 0) is 66.4 Å². The molecule has 0 radical (unpaired) electrons. The fraction of sp³-hybridized carbons (Fsp3) is 0.714. The van der Waals surface area contributed by atoms with Crippen LogP contribution < -0.4 is 26.6 Å². The summed E-state index contributed by atoms with van der Waals surface area (Å²) in [6.07, 6.45) is 11.2. The van der Waals surface area contributed by atoms with E-state index in [9.17, 15) is 27.9 Å². The Morgan fingerprint density at radius 3 is 2.34 bits per heavy atom. The van der Waals surface area contributed by atoms with Crippen LogP contribution in [-0.4, -0.2) is 94.4 Å². The molecule has 0 bridgehead atoms. The Labute approximate surface area is 337 Å². The Morgan fingerprint density at radius 1 is 1.00 bits per heavy atom. The highest BCUT2D eigenvalue weighted by atomic mass is 32.2. The van der Waals surface area contributed by atoms with E-state index in [4.69, 9.17) is 4.74 Å². The smallest absolute Gasteiger partial charge is 0.315 e. The van der Waals surface area contributed by atoms with Crippen molar-refractivity contribution in [3.05, 3.63) is 42.5 Å². The van der Waals surface area contributed by atoms with Crippen molar-refractivity contribution >= 4 is 34.7 Å². The van der Waals surface area contributed by atoms with E-state index in [1.54, 1.807) is 12.1 Å². The van der Waals surface area contributed by atoms with Gasteiger partial charge in [0.1, 0.15) is 0 Å². The summed E-state index contributed by atoms with van der Waals surface area (Å²) in [6, 6.07) is 4.86. The first-order valence-corrected chi connectivity index (χ1v) is 21.8. The Morgan fingerprint density at radius 2 is 1.71 bits per heavy atom. The minimum atomic E-state index is -2.09. The van der Waals surface area contributed by atoms with Crippen LogP contribution >= 0.6 is 0 Å². The number of hydrogen-bond acceptors (Lipinski definition) is 8. The van der Waals surface area contributed by atoms with Crippen LogP contribution in [0.4, 0.5) is 4.79 Å². The summed E-state index contributed by atoms with van der Waals surface area (Å²) in [4.78, 5) is 56.1. The number of likely N-dealkylation sites (tertiary alicyclic amines) is 1. The first-order chi connectivity index (χ1) is 26.7. The standard InChI is InChI=1S/C42H68N6O7S/c1-7-21-44-40(51)38(49)33(23-29-14-13-15-29)45-39(50)37-32(28(2)3)20-22-48(37)27-55-26-34(30-16-9-8-10-17-30)46-41(52)47-36(42(4,5)6)25-43-24-31-18-11-12-19-35(31)56(53)54/h7,11-12,18-19,28-30,32-34,36-37,43H,1,8-10,13-17,20-27H2,2-6H3,(H,44,51)(H,45,50)(H,53,54)(H2,46,47,52)/t32-,33?,34-,36-,37+/m1/s1. The Balaban J connectivity index is 1.39. The average Bonchev–Trinajstić information content (AvgIpc) is 3.58. The van der Waals surface area contributed by atoms with E-state index in [2.05, 4.69) is 67.8 Å². The van der Waals surface area contributed by atoms with Crippen molar-refractivity contribution < 1.29 is 32.7 Å². The highest BCUT2D eigenvalue weighted by molar-refractivity contribution is 7.79. The molecule has 1 aromatic carbocycles. The normalized spacial score (nSPS) is 21.7. The summed E-state index contributed by atoms with van der Waals surface area (Å²) in [5.41, 5.74) is 0.446. The van der Waals surface area contributed by atoms with Gasteiger partial charge in [0.25, 0.3) is 5.91 Å². The molecule has 4 amide bonds. The predicted octanol–water partition coefficient (Wildman–Crippen LogP) is 4.89. The van der Waals surface area contributed by atoms with Gasteiger partial charge < -0.3 is 35.9 Å². The zero-order chi connectivity index (χ0) is 40.8. The molecule has 6 atom stereocenters. The van der Waals surface area contributed by atoms with E-state index in [0.29, 0.717) is 36.9 Å². The zero-order valence-corrected chi connectivity index (χ0v) is 35.1. The van der Waals surface area contributed by atoms with Gasteiger partial charge >= 0.3 is 6.03 Å². The second-order valence-corrected chi connectivity index (χ2v) is 18.4. The molecule has 1 aromatic rings. The number of ether oxygens (including phenoxy) is 1. The van der Waals surface area contributed by atoms with Gasteiger partial charge in [0.05, 0.1) is 36.4 Å². The summed E-state index contributed by atoms with van der Waals surface area (Å²) in [5, 5.41) is 15.4. The van der Waals surface area contributed by atoms with Crippen molar-refractivity contribution in [3.8, 4) is 0 Å². The van der Waals surface area contributed by atoms with E-state index < -0.39 is 34.9 Å². The number of ketones is 1. The van der Waals surface area contributed by atoms with Crippen molar-refractivity contribution in [1.82, 2.24) is 31.5 Å². The molecule has 56 heavy (non-hydrogen) atoms. The van der Waals surface area contributed by atoms with Crippen LogP contribution in [0.15, 0.2) is 41.8 Å². The van der Waals surface area contributed by atoms with Crippen LogP contribution in [0.3, 0.4) is 0 Å². The number of rotatable bonds is 21. The molecule has 4 rings (SSSR count). The van der Waals surface area contributed by atoms with Crippen LogP contribution in [0, 0.1) is 29.1 Å². The van der Waals surface area contributed by atoms with E-state index in [1.807, 2.05) is 17.0 Å². The first kappa shape index (κ1) is 45.5. The summed E-state index contributed by atoms with van der Waals surface area (Å²) >= 11 is -2.09. The number of urea groups is 1. The van der Waals surface area contributed by atoms with Crippen molar-refractivity contribution in [2.75, 3.05) is 33.0 Å². The number of hydrogen-bond donors (Lipinski definition) is 6. The minimum Gasteiger partial charge on any atom is -0.364 e. The SMILES string of the molecule is C=CCNC(=O)C(=O)C(CC1CCC1)NC(=O)[C@@H]1[C@@H](C(C)C)CCN1COC[C@@H](NC(=O)N[C@H](CNCc1ccccc1S(=O)O)C(C)(C)C)C1CCCCC1. The molecule has 2 saturated carbocycles. The Bertz CT molecular complexity index is 1490. The van der Waals surface area contributed by atoms with Crippen LogP contribution in [-0.2, 0) is 36.7 Å². The van der Waals surface area contributed by atoms with Gasteiger partial charge in [-0.2, -0.15) is 0 Å². The van der Waals surface area contributed by atoms with Crippen LogP contribution in [0.1, 0.15) is 104 Å². The molecule has 13 nitrogen and oxygen atoms in total. The predicted molar refractivity (Wildman–Crippen MR) is 219 cm³/mol. The first-order valence-electron chi connectivity index (χ1n) is 20.7. The Hall–Kier alpha value is -3.17. The molecule has 6 N–H and O–H groups in total. The Kier molecular flexibility index (Phi) is 18.0. The number of Topliss-reactive ketones (excluding diaryl/α,β-unsaturated/α-hetero) is 1. The molecule has 2 unspecified atom stereocenters. The van der Waals surface area contributed by atoms with Gasteiger partial charge in [-0.15, -0.1) is 6.58 Å². The summed E-state index contributed by atoms with van der Waals surface area (Å²) in [7, 11) is 0. The van der Waals surface area contributed by atoms with Gasteiger partial charge in [-0.1, -0.05) is 97.4 Å². The molecule has 314 valence electrons. The number of amides is 4. The molecular weight excluding hydrogens is 733 g/mol. The molecular formula is C42H68N6O7S. The lowest BCUT2D eigenvalue weighted by Crippen LogP contribution is -2.56. The lowest BCUT2D eigenvalue weighted by atomic mass is 9.80. The van der Waals surface area contributed by atoms with Gasteiger partial charge in [-0.3, -0.25) is 19.3 Å². The largest absolute Gasteiger partial charge is 0.364 e. The van der Waals surface area contributed by atoms with Gasteiger partial charge in [0.2, 0.25) is 11.7 Å². The second kappa shape index (κ2) is 22.1.